The predicted molar refractivity (Wildman–Crippen MR) is 114 cm³/mol. The Bertz CT molecular complexity index is 988. The van der Waals surface area contributed by atoms with Crippen LogP contribution in [0.4, 0.5) is 10.1 Å². The fourth-order valence-electron chi connectivity index (χ4n) is 3.20. The summed E-state index contributed by atoms with van der Waals surface area (Å²) < 4.78 is 41.4. The molecule has 3 rings (SSSR count). The van der Waals surface area contributed by atoms with Crippen LogP contribution in [0.3, 0.4) is 0 Å². The summed E-state index contributed by atoms with van der Waals surface area (Å²) in [6.07, 6.45) is 4.92. The zero-order valence-electron chi connectivity index (χ0n) is 15.7. The number of halogens is 1. The normalized spacial score (nSPS) is 14.9. The lowest BCUT2D eigenvalue weighted by Crippen LogP contribution is -2.36. The summed E-state index contributed by atoms with van der Waals surface area (Å²) in [5.74, 6) is -1.32. The molecule has 0 heterocycles. The van der Waals surface area contributed by atoms with Gasteiger partial charge in [-0.25, -0.2) is 17.5 Å². The van der Waals surface area contributed by atoms with Gasteiger partial charge in [0.1, 0.15) is 5.82 Å². The molecule has 0 radical (unpaired) electrons. The van der Waals surface area contributed by atoms with E-state index in [2.05, 4.69) is 15.4 Å². The van der Waals surface area contributed by atoms with Crippen LogP contribution in [0.25, 0.3) is 0 Å². The molecule has 1 saturated carbocycles. The number of anilines is 1. The Balaban J connectivity index is 1.59. The SMILES string of the molecule is O=C(NC(=S)Nc1ccc(S(=O)(=O)NC2CCCCC2)cc1)c1ccccc1F. The summed E-state index contributed by atoms with van der Waals surface area (Å²) in [5.41, 5.74) is 0.382. The molecule has 29 heavy (non-hydrogen) atoms. The van der Waals surface area contributed by atoms with Crippen molar-refractivity contribution in [3.05, 3.63) is 59.9 Å². The molecule has 0 aromatic heterocycles. The van der Waals surface area contributed by atoms with Gasteiger partial charge in [0, 0.05) is 11.7 Å². The lowest BCUT2D eigenvalue weighted by atomic mass is 9.96. The van der Waals surface area contributed by atoms with Gasteiger partial charge in [-0.2, -0.15) is 0 Å². The van der Waals surface area contributed by atoms with Gasteiger partial charge in [0.25, 0.3) is 5.91 Å². The monoisotopic (exact) mass is 435 g/mol. The van der Waals surface area contributed by atoms with Crippen LogP contribution in [-0.4, -0.2) is 25.5 Å². The van der Waals surface area contributed by atoms with Gasteiger partial charge in [0.15, 0.2) is 5.11 Å². The highest BCUT2D eigenvalue weighted by atomic mass is 32.2. The number of carbonyl (C=O) groups excluding carboxylic acids is 1. The maximum atomic E-state index is 13.7. The third-order valence-electron chi connectivity index (χ3n) is 4.70. The van der Waals surface area contributed by atoms with Crippen LogP contribution in [0.5, 0.6) is 0 Å². The van der Waals surface area contributed by atoms with Gasteiger partial charge in [0.05, 0.1) is 10.5 Å². The zero-order chi connectivity index (χ0) is 20.9. The standard InChI is InChI=1S/C20H22FN3O3S2/c21-18-9-5-4-8-17(18)19(25)23-20(28)22-14-10-12-16(13-11-14)29(26,27)24-15-6-2-1-3-7-15/h4-5,8-13,15,24H,1-3,6-7H2,(H2,22,23,25,28). The van der Waals surface area contributed by atoms with Crippen LogP contribution < -0.4 is 15.4 Å². The molecular formula is C20H22FN3O3S2. The van der Waals surface area contributed by atoms with E-state index in [1.807, 2.05) is 0 Å². The molecule has 3 N–H and O–H groups in total. The first-order valence-corrected chi connectivity index (χ1v) is 11.2. The maximum absolute atomic E-state index is 13.7. The Morgan fingerprint density at radius 3 is 2.31 bits per heavy atom. The number of rotatable bonds is 5. The molecule has 2 aromatic rings. The summed E-state index contributed by atoms with van der Waals surface area (Å²) in [5, 5.41) is 5.16. The van der Waals surface area contributed by atoms with Gasteiger partial charge in [-0.05, 0) is 61.5 Å². The summed E-state index contributed by atoms with van der Waals surface area (Å²) >= 11 is 5.07. The fraction of sp³-hybridized carbons (Fsp3) is 0.300. The molecule has 0 atom stereocenters. The van der Waals surface area contributed by atoms with E-state index in [0.717, 1.165) is 32.1 Å². The minimum atomic E-state index is -3.59. The molecule has 0 aliphatic heterocycles. The van der Waals surface area contributed by atoms with E-state index in [4.69, 9.17) is 12.2 Å². The maximum Gasteiger partial charge on any atom is 0.260 e. The number of benzene rings is 2. The van der Waals surface area contributed by atoms with Gasteiger partial charge in [0.2, 0.25) is 10.0 Å². The Labute approximate surface area is 174 Å². The smallest absolute Gasteiger partial charge is 0.260 e. The number of thiocarbonyl (C=S) groups is 1. The number of carbonyl (C=O) groups is 1. The number of sulfonamides is 1. The van der Waals surface area contributed by atoms with Crippen molar-refractivity contribution < 1.29 is 17.6 Å². The Hall–Kier alpha value is -2.36. The van der Waals surface area contributed by atoms with Crippen LogP contribution in [0, 0.1) is 5.82 Å². The molecule has 154 valence electrons. The van der Waals surface area contributed by atoms with Crippen molar-refractivity contribution in [3.8, 4) is 0 Å². The van der Waals surface area contributed by atoms with Gasteiger partial charge in [-0.1, -0.05) is 31.4 Å². The molecular weight excluding hydrogens is 413 g/mol. The number of hydrogen-bond donors (Lipinski definition) is 3. The van der Waals surface area contributed by atoms with Crippen LogP contribution in [0.15, 0.2) is 53.4 Å². The Morgan fingerprint density at radius 2 is 1.66 bits per heavy atom. The quantitative estimate of drug-likeness (QED) is 0.625. The Morgan fingerprint density at radius 1 is 1.00 bits per heavy atom. The van der Waals surface area contributed by atoms with Gasteiger partial charge < -0.3 is 5.32 Å². The third kappa shape index (κ3) is 5.81. The van der Waals surface area contributed by atoms with Crippen molar-refractivity contribution in [2.45, 2.75) is 43.0 Å². The summed E-state index contributed by atoms with van der Waals surface area (Å²) in [4.78, 5) is 12.2. The highest BCUT2D eigenvalue weighted by molar-refractivity contribution is 7.89. The molecule has 0 spiro atoms. The third-order valence-corrected chi connectivity index (χ3v) is 6.44. The predicted octanol–water partition coefficient (Wildman–Crippen LogP) is 3.56. The molecule has 1 amide bonds. The molecule has 9 heteroatoms. The van der Waals surface area contributed by atoms with Crippen LogP contribution in [0.2, 0.25) is 0 Å². The van der Waals surface area contributed by atoms with E-state index in [9.17, 15) is 17.6 Å². The van der Waals surface area contributed by atoms with E-state index < -0.39 is 21.7 Å². The second-order valence-corrected chi connectivity index (χ2v) is 8.99. The largest absolute Gasteiger partial charge is 0.332 e. The summed E-state index contributed by atoms with van der Waals surface area (Å²) in [6, 6.07) is 11.6. The van der Waals surface area contributed by atoms with E-state index in [1.54, 1.807) is 18.2 Å². The molecule has 0 bridgehead atoms. The van der Waals surface area contributed by atoms with Gasteiger partial charge in [-0.3, -0.25) is 10.1 Å². The zero-order valence-corrected chi connectivity index (χ0v) is 17.3. The molecule has 0 unspecified atom stereocenters. The van der Waals surface area contributed by atoms with Crippen molar-refractivity contribution >= 4 is 38.9 Å². The lowest BCUT2D eigenvalue weighted by Gasteiger charge is -2.22. The van der Waals surface area contributed by atoms with Crippen molar-refractivity contribution in [3.63, 3.8) is 0 Å². The summed E-state index contributed by atoms with van der Waals surface area (Å²) in [7, 11) is -3.59. The topological polar surface area (TPSA) is 87.3 Å². The van der Waals surface area contributed by atoms with Gasteiger partial charge >= 0.3 is 0 Å². The van der Waals surface area contributed by atoms with Crippen molar-refractivity contribution in [1.29, 1.82) is 0 Å². The minimum Gasteiger partial charge on any atom is -0.332 e. The Kier molecular flexibility index (Phi) is 6.94. The van der Waals surface area contributed by atoms with E-state index in [1.165, 1.54) is 30.3 Å². The summed E-state index contributed by atoms with van der Waals surface area (Å²) in [6.45, 7) is 0. The average molecular weight is 436 g/mol. The van der Waals surface area contributed by atoms with Crippen LogP contribution >= 0.6 is 12.2 Å². The number of hydrogen-bond acceptors (Lipinski definition) is 4. The number of nitrogens with one attached hydrogen (secondary N) is 3. The van der Waals surface area contributed by atoms with E-state index >= 15 is 0 Å². The highest BCUT2D eigenvalue weighted by Gasteiger charge is 2.21. The van der Waals surface area contributed by atoms with Crippen molar-refractivity contribution in [2.75, 3.05) is 5.32 Å². The second kappa shape index (κ2) is 9.43. The minimum absolute atomic E-state index is 0.0193. The molecule has 1 aliphatic carbocycles. The molecule has 2 aromatic carbocycles. The average Bonchev–Trinajstić information content (AvgIpc) is 2.69. The first-order valence-electron chi connectivity index (χ1n) is 9.34. The van der Waals surface area contributed by atoms with E-state index in [-0.39, 0.29) is 21.6 Å². The molecule has 6 nitrogen and oxygen atoms in total. The molecule has 1 aliphatic rings. The number of amides is 1. The first kappa shape index (κ1) is 21.4. The van der Waals surface area contributed by atoms with E-state index in [0.29, 0.717) is 5.69 Å². The first-order chi connectivity index (χ1) is 13.8. The van der Waals surface area contributed by atoms with Crippen molar-refractivity contribution in [2.24, 2.45) is 0 Å². The molecule has 0 saturated heterocycles. The molecule has 1 fully saturated rings. The highest BCUT2D eigenvalue weighted by Crippen LogP contribution is 2.21. The van der Waals surface area contributed by atoms with Gasteiger partial charge in [-0.15, -0.1) is 0 Å². The lowest BCUT2D eigenvalue weighted by molar-refractivity contribution is 0.0974. The van der Waals surface area contributed by atoms with Crippen molar-refractivity contribution in [1.82, 2.24) is 10.0 Å². The second-order valence-electron chi connectivity index (χ2n) is 6.87. The van der Waals surface area contributed by atoms with Crippen LogP contribution in [-0.2, 0) is 10.0 Å². The van der Waals surface area contributed by atoms with Crippen LogP contribution in [0.1, 0.15) is 42.5 Å². The fourth-order valence-corrected chi connectivity index (χ4v) is 4.72.